The summed E-state index contributed by atoms with van der Waals surface area (Å²) in [6.45, 7) is 4.57. The summed E-state index contributed by atoms with van der Waals surface area (Å²) < 4.78 is 5.48. The molecule has 1 unspecified atom stereocenters. The fourth-order valence-corrected chi connectivity index (χ4v) is 2.79. The van der Waals surface area contributed by atoms with Crippen LogP contribution in [-0.2, 0) is 0 Å². The highest BCUT2D eigenvalue weighted by atomic mass is 79.9. The van der Waals surface area contributed by atoms with Gasteiger partial charge in [0.05, 0.1) is 6.04 Å². The molecule has 7 heteroatoms. The Hall–Kier alpha value is -1.89. The Kier molecular flexibility index (Phi) is 4.95. The summed E-state index contributed by atoms with van der Waals surface area (Å²) in [6, 6.07) is 7.69. The van der Waals surface area contributed by atoms with Crippen molar-refractivity contribution in [2.75, 3.05) is 12.3 Å². The third kappa shape index (κ3) is 3.24. The molecule has 2 rings (SSSR count). The zero-order valence-electron chi connectivity index (χ0n) is 11.9. The first-order valence-corrected chi connectivity index (χ1v) is 7.49. The van der Waals surface area contributed by atoms with E-state index in [-0.39, 0.29) is 23.5 Å². The predicted molar refractivity (Wildman–Crippen MR) is 82.6 cm³/mol. The van der Waals surface area contributed by atoms with Gasteiger partial charge in [0.25, 0.3) is 5.91 Å². The van der Waals surface area contributed by atoms with Crippen LogP contribution in [0.5, 0.6) is 0 Å². The summed E-state index contributed by atoms with van der Waals surface area (Å²) in [4.78, 5) is 14.3. The highest BCUT2D eigenvalue weighted by Crippen LogP contribution is 2.29. The van der Waals surface area contributed by atoms with E-state index in [4.69, 9.17) is 5.73 Å². The summed E-state index contributed by atoms with van der Waals surface area (Å²) in [5.41, 5.74) is 6.70. The third-order valence-corrected chi connectivity index (χ3v) is 3.99. The number of nitrogens with zero attached hydrogens (tertiary/aromatic N) is 3. The van der Waals surface area contributed by atoms with E-state index in [1.165, 1.54) is 0 Å². The van der Waals surface area contributed by atoms with Crippen LogP contribution in [-0.4, -0.2) is 27.7 Å². The first-order chi connectivity index (χ1) is 10.1. The fraction of sp³-hybridized carbons (Fsp3) is 0.357. The van der Waals surface area contributed by atoms with E-state index in [0.29, 0.717) is 6.54 Å². The van der Waals surface area contributed by atoms with E-state index in [1.807, 2.05) is 38.1 Å². The zero-order chi connectivity index (χ0) is 15.4. The van der Waals surface area contributed by atoms with Crippen molar-refractivity contribution in [2.24, 2.45) is 0 Å². The largest absolute Gasteiger partial charge is 0.379 e. The molecule has 0 aliphatic heterocycles. The van der Waals surface area contributed by atoms with Crippen LogP contribution < -0.4 is 5.73 Å². The number of rotatable bonds is 5. The number of nitrogens with two attached hydrogens (primary N) is 1. The Morgan fingerprint density at radius 2 is 2.14 bits per heavy atom. The van der Waals surface area contributed by atoms with Gasteiger partial charge >= 0.3 is 0 Å². The Morgan fingerprint density at radius 3 is 2.71 bits per heavy atom. The standard InChI is InChI=1S/C14H17BrN4O2/c1-3-8-19(14(20)12-13(16)18-21-17-12)9(2)10-6-4-5-7-11(10)15/h4-7,9H,3,8H2,1-2H3,(H2,16,18). The van der Waals surface area contributed by atoms with Crippen LogP contribution in [0.2, 0.25) is 0 Å². The van der Waals surface area contributed by atoms with Crippen molar-refractivity contribution >= 4 is 27.7 Å². The monoisotopic (exact) mass is 352 g/mol. The number of carbonyl (C=O) groups excluding carboxylic acids is 1. The lowest BCUT2D eigenvalue weighted by molar-refractivity contribution is 0.0679. The van der Waals surface area contributed by atoms with E-state index in [9.17, 15) is 4.79 Å². The minimum atomic E-state index is -0.279. The molecule has 0 bridgehead atoms. The SMILES string of the molecule is CCCN(C(=O)c1nonc1N)C(C)c1ccccc1Br. The molecule has 0 radical (unpaired) electrons. The Labute approximate surface area is 131 Å². The molecule has 6 nitrogen and oxygen atoms in total. The number of nitrogen functional groups attached to an aromatic ring is 1. The molecule has 2 aromatic rings. The number of halogens is 1. The Bertz CT molecular complexity index is 629. The van der Waals surface area contributed by atoms with E-state index in [0.717, 1.165) is 16.5 Å². The second-order valence-corrected chi connectivity index (χ2v) is 5.55. The van der Waals surface area contributed by atoms with Gasteiger partial charge in [-0.15, -0.1) is 0 Å². The topological polar surface area (TPSA) is 85.2 Å². The lowest BCUT2D eigenvalue weighted by Crippen LogP contribution is -2.35. The highest BCUT2D eigenvalue weighted by molar-refractivity contribution is 9.10. The van der Waals surface area contributed by atoms with Crippen molar-refractivity contribution in [1.29, 1.82) is 0 Å². The van der Waals surface area contributed by atoms with Crippen LogP contribution in [0.3, 0.4) is 0 Å². The molecule has 0 aliphatic rings. The van der Waals surface area contributed by atoms with E-state index < -0.39 is 0 Å². The van der Waals surface area contributed by atoms with Gasteiger partial charge in [0.1, 0.15) is 0 Å². The number of hydrogen-bond donors (Lipinski definition) is 1. The summed E-state index contributed by atoms with van der Waals surface area (Å²) in [6.07, 6.45) is 0.825. The molecule has 0 spiro atoms. The van der Waals surface area contributed by atoms with Crippen LogP contribution in [0.25, 0.3) is 0 Å². The molecule has 1 aromatic heterocycles. The van der Waals surface area contributed by atoms with Crippen molar-refractivity contribution < 1.29 is 9.42 Å². The fourth-order valence-electron chi connectivity index (χ4n) is 2.17. The summed E-state index contributed by atoms with van der Waals surface area (Å²) in [5, 5.41) is 7.07. The van der Waals surface area contributed by atoms with Gasteiger partial charge in [-0.3, -0.25) is 4.79 Å². The molecule has 1 atom stereocenters. The summed E-state index contributed by atoms with van der Waals surface area (Å²) in [7, 11) is 0. The molecule has 2 N–H and O–H groups in total. The summed E-state index contributed by atoms with van der Waals surface area (Å²) >= 11 is 3.52. The average molecular weight is 353 g/mol. The van der Waals surface area contributed by atoms with Crippen molar-refractivity contribution in [1.82, 2.24) is 15.2 Å². The summed E-state index contributed by atoms with van der Waals surface area (Å²) in [5.74, 6) is -0.265. The van der Waals surface area contributed by atoms with Crippen LogP contribution >= 0.6 is 15.9 Å². The van der Waals surface area contributed by atoms with Gasteiger partial charge in [0, 0.05) is 11.0 Å². The van der Waals surface area contributed by atoms with Crippen LogP contribution in [0.1, 0.15) is 42.4 Å². The number of aromatic nitrogens is 2. The molecular formula is C14H17BrN4O2. The van der Waals surface area contributed by atoms with Gasteiger partial charge in [-0.1, -0.05) is 41.1 Å². The van der Waals surface area contributed by atoms with Crippen molar-refractivity contribution in [2.45, 2.75) is 26.3 Å². The molecule has 1 amide bonds. The van der Waals surface area contributed by atoms with Gasteiger partial charge in [-0.25, -0.2) is 4.63 Å². The van der Waals surface area contributed by atoms with Gasteiger partial charge in [-0.2, -0.15) is 0 Å². The van der Waals surface area contributed by atoms with E-state index >= 15 is 0 Å². The molecule has 0 saturated carbocycles. The lowest BCUT2D eigenvalue weighted by atomic mass is 10.1. The third-order valence-electron chi connectivity index (χ3n) is 3.26. The van der Waals surface area contributed by atoms with E-state index in [2.05, 4.69) is 30.9 Å². The maximum Gasteiger partial charge on any atom is 0.280 e. The number of carbonyl (C=O) groups is 1. The predicted octanol–water partition coefficient (Wildman–Crippen LogP) is 3.03. The molecule has 21 heavy (non-hydrogen) atoms. The lowest BCUT2D eigenvalue weighted by Gasteiger charge is -2.29. The Morgan fingerprint density at radius 1 is 1.43 bits per heavy atom. The van der Waals surface area contributed by atoms with Gasteiger partial charge < -0.3 is 10.6 Å². The maximum atomic E-state index is 12.6. The number of anilines is 1. The molecule has 112 valence electrons. The first-order valence-electron chi connectivity index (χ1n) is 6.69. The minimum absolute atomic E-state index is 0.0143. The number of amides is 1. The van der Waals surface area contributed by atoms with Gasteiger partial charge in [-0.05, 0) is 35.3 Å². The quantitative estimate of drug-likeness (QED) is 0.893. The first kappa shape index (κ1) is 15.5. The van der Waals surface area contributed by atoms with Crippen LogP contribution in [0, 0.1) is 0 Å². The van der Waals surface area contributed by atoms with Gasteiger partial charge in [0.2, 0.25) is 11.5 Å². The molecule has 1 aromatic carbocycles. The maximum absolute atomic E-state index is 12.6. The average Bonchev–Trinajstić information content (AvgIpc) is 2.90. The molecule has 0 saturated heterocycles. The normalized spacial score (nSPS) is 12.1. The smallest absolute Gasteiger partial charge is 0.280 e. The zero-order valence-corrected chi connectivity index (χ0v) is 13.5. The molecule has 0 fully saturated rings. The van der Waals surface area contributed by atoms with Crippen LogP contribution in [0.4, 0.5) is 5.82 Å². The second kappa shape index (κ2) is 6.71. The molecule has 1 heterocycles. The minimum Gasteiger partial charge on any atom is -0.379 e. The highest BCUT2D eigenvalue weighted by Gasteiger charge is 2.27. The number of benzene rings is 1. The molecular weight excluding hydrogens is 336 g/mol. The Balaban J connectivity index is 2.33. The molecule has 0 aliphatic carbocycles. The number of hydrogen-bond acceptors (Lipinski definition) is 5. The van der Waals surface area contributed by atoms with Gasteiger partial charge in [0.15, 0.2) is 0 Å². The van der Waals surface area contributed by atoms with Crippen molar-refractivity contribution in [3.8, 4) is 0 Å². The van der Waals surface area contributed by atoms with Crippen molar-refractivity contribution in [3.63, 3.8) is 0 Å². The van der Waals surface area contributed by atoms with E-state index in [1.54, 1.807) is 4.90 Å². The van der Waals surface area contributed by atoms with Crippen molar-refractivity contribution in [3.05, 3.63) is 40.0 Å². The van der Waals surface area contributed by atoms with Crippen LogP contribution in [0.15, 0.2) is 33.4 Å². The second-order valence-electron chi connectivity index (χ2n) is 4.69.